The molecule has 0 saturated carbocycles. The van der Waals surface area contributed by atoms with Gasteiger partial charge in [-0.3, -0.25) is 4.79 Å². The molecule has 0 spiro atoms. The second kappa shape index (κ2) is 7.74. The zero-order chi connectivity index (χ0) is 18.8. The number of nitrogens with zero attached hydrogens (tertiary/aromatic N) is 6. The highest BCUT2D eigenvalue weighted by atomic mass is 35.5. The fourth-order valence-electron chi connectivity index (χ4n) is 3.51. The SMILES string of the molecule is Cn1cc(Cl)cc1C(=O)N1CCN(c2cc(N3CCOCC3)ncn2)CC1. The van der Waals surface area contributed by atoms with Crippen LogP contribution < -0.4 is 9.80 Å². The lowest BCUT2D eigenvalue weighted by atomic mass is 10.2. The predicted molar refractivity (Wildman–Crippen MR) is 104 cm³/mol. The van der Waals surface area contributed by atoms with Gasteiger partial charge in [0.1, 0.15) is 23.7 Å². The molecule has 0 radical (unpaired) electrons. The number of anilines is 2. The van der Waals surface area contributed by atoms with Gasteiger partial charge in [0.2, 0.25) is 0 Å². The van der Waals surface area contributed by atoms with Gasteiger partial charge in [0.25, 0.3) is 5.91 Å². The standard InChI is InChI=1S/C18H23ClN6O2/c1-22-12-14(19)10-15(22)18(26)25-4-2-23(3-5-25)16-11-17(21-13-20-16)24-6-8-27-9-7-24/h10-13H,2-9H2,1H3. The summed E-state index contributed by atoms with van der Waals surface area (Å²) in [4.78, 5) is 27.8. The summed E-state index contributed by atoms with van der Waals surface area (Å²) in [5.74, 6) is 1.85. The van der Waals surface area contributed by atoms with Crippen molar-refractivity contribution in [2.24, 2.45) is 7.05 Å². The summed E-state index contributed by atoms with van der Waals surface area (Å²) >= 11 is 6.00. The van der Waals surface area contributed by atoms with Gasteiger partial charge in [0.15, 0.2) is 0 Å². The summed E-state index contributed by atoms with van der Waals surface area (Å²) in [7, 11) is 1.84. The molecule has 2 fully saturated rings. The Balaban J connectivity index is 1.40. The Morgan fingerprint density at radius 1 is 1.00 bits per heavy atom. The van der Waals surface area contributed by atoms with Crippen molar-refractivity contribution in [3.63, 3.8) is 0 Å². The lowest BCUT2D eigenvalue weighted by Gasteiger charge is -2.36. The summed E-state index contributed by atoms with van der Waals surface area (Å²) in [6, 6.07) is 3.75. The third-order valence-electron chi connectivity index (χ3n) is 5.05. The number of ether oxygens (including phenoxy) is 1. The first-order valence-electron chi connectivity index (χ1n) is 9.12. The summed E-state index contributed by atoms with van der Waals surface area (Å²) < 4.78 is 7.18. The summed E-state index contributed by atoms with van der Waals surface area (Å²) in [5, 5.41) is 0.580. The van der Waals surface area contributed by atoms with Gasteiger partial charge in [0, 0.05) is 58.6 Å². The van der Waals surface area contributed by atoms with Gasteiger partial charge in [-0.2, -0.15) is 0 Å². The Morgan fingerprint density at radius 2 is 1.63 bits per heavy atom. The molecule has 2 aliphatic heterocycles. The second-order valence-electron chi connectivity index (χ2n) is 6.77. The van der Waals surface area contributed by atoms with Crippen molar-refractivity contribution in [1.82, 2.24) is 19.4 Å². The zero-order valence-electron chi connectivity index (χ0n) is 15.3. The number of aromatic nitrogens is 3. The van der Waals surface area contributed by atoms with Crippen LogP contribution >= 0.6 is 11.6 Å². The first-order valence-corrected chi connectivity index (χ1v) is 9.50. The van der Waals surface area contributed by atoms with Crippen LogP contribution in [0.2, 0.25) is 5.02 Å². The van der Waals surface area contributed by atoms with Gasteiger partial charge in [-0.15, -0.1) is 0 Å². The number of amides is 1. The Hall–Kier alpha value is -2.32. The third-order valence-corrected chi connectivity index (χ3v) is 5.26. The van der Waals surface area contributed by atoms with Crippen LogP contribution in [0.3, 0.4) is 0 Å². The number of rotatable bonds is 3. The van der Waals surface area contributed by atoms with Crippen molar-refractivity contribution in [2.45, 2.75) is 0 Å². The first-order chi connectivity index (χ1) is 13.1. The molecule has 8 nitrogen and oxygen atoms in total. The molecule has 0 aromatic carbocycles. The smallest absolute Gasteiger partial charge is 0.270 e. The Morgan fingerprint density at radius 3 is 2.22 bits per heavy atom. The largest absolute Gasteiger partial charge is 0.378 e. The minimum atomic E-state index is 0.0146. The van der Waals surface area contributed by atoms with Crippen LogP contribution in [0.1, 0.15) is 10.5 Å². The van der Waals surface area contributed by atoms with Crippen LogP contribution in [0, 0.1) is 0 Å². The second-order valence-corrected chi connectivity index (χ2v) is 7.20. The predicted octanol–water partition coefficient (Wildman–Crippen LogP) is 1.27. The van der Waals surface area contributed by atoms with Crippen LogP contribution in [0.4, 0.5) is 11.6 Å². The molecule has 4 heterocycles. The molecule has 9 heteroatoms. The molecule has 144 valence electrons. The lowest BCUT2D eigenvalue weighted by molar-refractivity contribution is 0.0737. The van der Waals surface area contributed by atoms with Crippen LogP contribution in [0.25, 0.3) is 0 Å². The van der Waals surface area contributed by atoms with Crippen LogP contribution in [-0.2, 0) is 11.8 Å². The molecule has 2 saturated heterocycles. The lowest BCUT2D eigenvalue weighted by Crippen LogP contribution is -2.49. The molecule has 0 N–H and O–H groups in total. The van der Waals surface area contributed by atoms with Crippen molar-refractivity contribution in [2.75, 3.05) is 62.3 Å². The molecular formula is C18H23ClN6O2. The summed E-state index contributed by atoms with van der Waals surface area (Å²) in [6.07, 6.45) is 3.36. The van der Waals surface area contributed by atoms with Crippen molar-refractivity contribution in [3.8, 4) is 0 Å². The first kappa shape index (κ1) is 18.1. The number of hydrogen-bond acceptors (Lipinski definition) is 6. The molecule has 0 aliphatic carbocycles. The fourth-order valence-corrected chi connectivity index (χ4v) is 3.76. The molecule has 0 unspecified atom stereocenters. The topological polar surface area (TPSA) is 66.7 Å². The van der Waals surface area contributed by atoms with E-state index in [4.69, 9.17) is 16.3 Å². The zero-order valence-corrected chi connectivity index (χ0v) is 16.1. The van der Waals surface area contributed by atoms with Gasteiger partial charge >= 0.3 is 0 Å². The highest BCUT2D eigenvalue weighted by Gasteiger charge is 2.25. The maximum atomic E-state index is 12.7. The Kier molecular flexibility index (Phi) is 5.18. The molecule has 27 heavy (non-hydrogen) atoms. The minimum absolute atomic E-state index is 0.0146. The molecule has 1 amide bonds. The molecule has 2 aliphatic rings. The third kappa shape index (κ3) is 3.86. The van der Waals surface area contributed by atoms with E-state index in [1.807, 2.05) is 18.0 Å². The summed E-state index contributed by atoms with van der Waals surface area (Å²) in [5.41, 5.74) is 0.616. The normalized spacial score (nSPS) is 18.1. The van der Waals surface area contributed by atoms with Crippen LogP contribution in [0.15, 0.2) is 24.7 Å². The van der Waals surface area contributed by atoms with E-state index < -0.39 is 0 Å². The Bertz CT molecular complexity index is 812. The average molecular weight is 391 g/mol. The van der Waals surface area contributed by atoms with E-state index in [1.165, 1.54) is 0 Å². The number of carbonyl (C=O) groups excluding carboxylic acids is 1. The fraction of sp³-hybridized carbons (Fsp3) is 0.500. The highest BCUT2D eigenvalue weighted by Crippen LogP contribution is 2.21. The van der Waals surface area contributed by atoms with Crippen molar-refractivity contribution < 1.29 is 9.53 Å². The van der Waals surface area contributed by atoms with E-state index in [9.17, 15) is 4.79 Å². The van der Waals surface area contributed by atoms with E-state index in [2.05, 4.69) is 19.8 Å². The van der Waals surface area contributed by atoms with Crippen molar-refractivity contribution in [1.29, 1.82) is 0 Å². The molecule has 4 rings (SSSR count). The molecular weight excluding hydrogens is 368 g/mol. The van der Waals surface area contributed by atoms with E-state index in [-0.39, 0.29) is 5.91 Å². The van der Waals surface area contributed by atoms with E-state index in [1.54, 1.807) is 23.2 Å². The highest BCUT2D eigenvalue weighted by molar-refractivity contribution is 6.31. The van der Waals surface area contributed by atoms with E-state index in [0.29, 0.717) is 23.8 Å². The van der Waals surface area contributed by atoms with Crippen LogP contribution in [0.5, 0.6) is 0 Å². The minimum Gasteiger partial charge on any atom is -0.378 e. The quantitative estimate of drug-likeness (QED) is 0.786. The van der Waals surface area contributed by atoms with Crippen LogP contribution in [-0.4, -0.2) is 77.8 Å². The Labute approximate surface area is 163 Å². The van der Waals surface area contributed by atoms with Gasteiger partial charge in [-0.1, -0.05) is 11.6 Å². The molecule has 0 atom stereocenters. The number of morpholine rings is 1. The molecule has 2 aromatic heterocycles. The van der Waals surface area contributed by atoms with Crippen molar-refractivity contribution in [3.05, 3.63) is 35.4 Å². The van der Waals surface area contributed by atoms with Gasteiger partial charge in [-0.25, -0.2) is 9.97 Å². The number of aryl methyl sites for hydroxylation is 1. The number of halogens is 1. The number of carbonyl (C=O) groups is 1. The monoisotopic (exact) mass is 390 g/mol. The maximum absolute atomic E-state index is 12.7. The number of hydrogen-bond donors (Lipinski definition) is 0. The average Bonchev–Trinajstić information content (AvgIpc) is 3.06. The molecule has 2 aromatic rings. The molecule has 0 bridgehead atoms. The van der Waals surface area contributed by atoms with E-state index in [0.717, 1.165) is 51.0 Å². The van der Waals surface area contributed by atoms with Gasteiger partial charge < -0.3 is 24.0 Å². The number of piperazine rings is 1. The van der Waals surface area contributed by atoms with Gasteiger partial charge in [-0.05, 0) is 6.07 Å². The van der Waals surface area contributed by atoms with Gasteiger partial charge in [0.05, 0.1) is 18.2 Å². The van der Waals surface area contributed by atoms with Crippen molar-refractivity contribution >= 4 is 29.1 Å². The van der Waals surface area contributed by atoms with E-state index >= 15 is 0 Å². The summed E-state index contributed by atoms with van der Waals surface area (Å²) in [6.45, 7) is 5.92. The maximum Gasteiger partial charge on any atom is 0.270 e.